The average Bonchev–Trinajstić information content (AvgIpc) is 3.31. The molecular weight excluding hydrogens is 415 g/mol. The lowest BCUT2D eigenvalue weighted by Gasteiger charge is -2.13. The SMILES string of the molecule is CC(O)c1cc(F)ccc1OCCCCCc1c[nH][n+](C)c1-c1cnc2[nH]c(=O)oc2c1. The summed E-state index contributed by atoms with van der Waals surface area (Å²) in [6.07, 6.45) is 6.50. The standard InChI is InChI=1S/C23H25FN4O4/c1-14(29)18-11-17(24)7-8-19(18)31-9-5-3-4-6-15-13-26-28(2)21(15)16-10-20-22(25-12-16)27-23(30)32-20/h7-8,10-14,29H,3-6,9H2,1-2H3,(H,25,26,27,30)/p+1. The number of nitrogens with one attached hydrogen (secondary N) is 2. The second-order valence-electron chi connectivity index (χ2n) is 7.81. The van der Waals surface area contributed by atoms with Crippen molar-refractivity contribution in [3.8, 4) is 17.0 Å². The quantitative estimate of drug-likeness (QED) is 0.273. The lowest BCUT2D eigenvalue weighted by Crippen LogP contribution is -2.32. The molecule has 0 bridgehead atoms. The molecule has 0 aliphatic carbocycles. The fraction of sp³-hybridized carbons (Fsp3) is 0.348. The van der Waals surface area contributed by atoms with Gasteiger partial charge in [0.25, 0.3) is 0 Å². The van der Waals surface area contributed by atoms with E-state index in [0.717, 1.165) is 42.5 Å². The first-order valence-corrected chi connectivity index (χ1v) is 10.6. The van der Waals surface area contributed by atoms with E-state index < -0.39 is 17.7 Å². The molecule has 0 radical (unpaired) electrons. The molecule has 9 heteroatoms. The van der Waals surface area contributed by atoms with Crippen molar-refractivity contribution in [2.45, 2.75) is 38.7 Å². The predicted octanol–water partition coefficient (Wildman–Crippen LogP) is 3.32. The zero-order valence-electron chi connectivity index (χ0n) is 18.0. The molecule has 3 N–H and O–H groups in total. The van der Waals surface area contributed by atoms with E-state index in [9.17, 15) is 14.3 Å². The Morgan fingerprint density at radius 1 is 1.28 bits per heavy atom. The molecule has 3 aromatic heterocycles. The Labute approximate surface area is 183 Å². The number of halogens is 1. The van der Waals surface area contributed by atoms with Gasteiger partial charge in [-0.15, -0.1) is 4.68 Å². The van der Waals surface area contributed by atoms with Gasteiger partial charge in [0.2, 0.25) is 5.69 Å². The number of H-pyrrole nitrogens is 2. The number of aliphatic hydroxyl groups is 1. The highest BCUT2D eigenvalue weighted by atomic mass is 19.1. The second kappa shape index (κ2) is 9.35. The first-order chi connectivity index (χ1) is 15.4. The molecule has 0 aliphatic rings. The zero-order valence-corrected chi connectivity index (χ0v) is 18.0. The Morgan fingerprint density at radius 2 is 2.12 bits per heavy atom. The average molecular weight is 441 g/mol. The number of hydrogen-bond acceptors (Lipinski definition) is 5. The summed E-state index contributed by atoms with van der Waals surface area (Å²) in [5.41, 5.74) is 4.31. The highest BCUT2D eigenvalue weighted by Crippen LogP contribution is 2.26. The van der Waals surface area contributed by atoms with Crippen LogP contribution in [-0.2, 0) is 13.5 Å². The number of aromatic nitrogens is 4. The number of ether oxygens (including phenoxy) is 1. The third-order valence-corrected chi connectivity index (χ3v) is 5.39. The maximum Gasteiger partial charge on any atom is 0.418 e. The molecule has 0 amide bonds. The summed E-state index contributed by atoms with van der Waals surface area (Å²) in [7, 11) is 1.92. The number of oxazole rings is 1. The number of unbranched alkanes of at least 4 members (excludes halogenated alkanes) is 2. The Balaban J connectivity index is 1.33. The summed E-state index contributed by atoms with van der Waals surface area (Å²) in [6, 6.07) is 6.00. The van der Waals surface area contributed by atoms with Gasteiger partial charge < -0.3 is 14.3 Å². The number of rotatable bonds is 9. The Kier molecular flexibility index (Phi) is 6.36. The second-order valence-corrected chi connectivity index (χ2v) is 7.81. The maximum atomic E-state index is 13.4. The number of fused-ring (bicyclic) bond motifs is 1. The third kappa shape index (κ3) is 4.72. The van der Waals surface area contributed by atoms with Gasteiger partial charge in [-0.25, -0.2) is 14.2 Å². The molecule has 0 aliphatic heterocycles. The van der Waals surface area contributed by atoms with Gasteiger partial charge in [-0.3, -0.25) is 4.98 Å². The van der Waals surface area contributed by atoms with Crippen LogP contribution in [0.2, 0.25) is 0 Å². The van der Waals surface area contributed by atoms with Crippen molar-refractivity contribution in [3.63, 3.8) is 0 Å². The summed E-state index contributed by atoms with van der Waals surface area (Å²) >= 11 is 0. The zero-order chi connectivity index (χ0) is 22.7. The largest absolute Gasteiger partial charge is 0.493 e. The van der Waals surface area contributed by atoms with Crippen LogP contribution in [0.4, 0.5) is 4.39 Å². The van der Waals surface area contributed by atoms with Crippen LogP contribution in [0.15, 0.2) is 45.9 Å². The third-order valence-electron chi connectivity index (χ3n) is 5.39. The number of aliphatic hydroxyl groups excluding tert-OH is 1. The first-order valence-electron chi connectivity index (χ1n) is 10.6. The topological polar surface area (TPSA) is 108 Å². The van der Waals surface area contributed by atoms with Gasteiger partial charge in [0, 0.05) is 23.4 Å². The summed E-state index contributed by atoms with van der Waals surface area (Å²) in [5.74, 6) is -0.399. The van der Waals surface area contributed by atoms with Crippen LogP contribution in [0.5, 0.6) is 5.75 Å². The molecule has 168 valence electrons. The molecule has 0 fully saturated rings. The fourth-order valence-electron chi connectivity index (χ4n) is 3.81. The molecule has 0 saturated heterocycles. The van der Waals surface area contributed by atoms with Crippen LogP contribution in [0.25, 0.3) is 22.5 Å². The number of pyridine rings is 1. The highest BCUT2D eigenvalue weighted by molar-refractivity contribution is 5.74. The number of aromatic amines is 2. The lowest BCUT2D eigenvalue weighted by atomic mass is 10.0. The highest BCUT2D eigenvalue weighted by Gasteiger charge is 2.20. The van der Waals surface area contributed by atoms with Gasteiger partial charge in [-0.05, 0) is 50.8 Å². The first kappa shape index (κ1) is 21.8. The van der Waals surface area contributed by atoms with Crippen LogP contribution >= 0.6 is 0 Å². The molecule has 3 heterocycles. The molecule has 4 rings (SSSR count). The van der Waals surface area contributed by atoms with Crippen molar-refractivity contribution in [3.05, 3.63) is 64.2 Å². The van der Waals surface area contributed by atoms with Gasteiger partial charge in [-0.2, -0.15) is 5.10 Å². The number of hydrogen-bond donors (Lipinski definition) is 3. The predicted molar refractivity (Wildman–Crippen MR) is 116 cm³/mol. The van der Waals surface area contributed by atoms with E-state index in [1.165, 1.54) is 12.1 Å². The van der Waals surface area contributed by atoms with Crippen molar-refractivity contribution < 1.29 is 23.3 Å². The fourth-order valence-corrected chi connectivity index (χ4v) is 3.81. The van der Waals surface area contributed by atoms with Gasteiger partial charge in [-0.1, -0.05) is 0 Å². The van der Waals surface area contributed by atoms with Crippen LogP contribution < -0.4 is 15.2 Å². The molecule has 1 aromatic carbocycles. The molecule has 32 heavy (non-hydrogen) atoms. The Morgan fingerprint density at radius 3 is 2.94 bits per heavy atom. The van der Waals surface area contributed by atoms with Crippen molar-refractivity contribution in [2.75, 3.05) is 6.61 Å². The Bertz CT molecular complexity index is 1270. The minimum atomic E-state index is -0.790. The minimum Gasteiger partial charge on any atom is -0.493 e. The van der Waals surface area contributed by atoms with E-state index in [4.69, 9.17) is 9.15 Å². The van der Waals surface area contributed by atoms with Crippen molar-refractivity contribution in [2.24, 2.45) is 7.05 Å². The van der Waals surface area contributed by atoms with Crippen molar-refractivity contribution in [1.29, 1.82) is 0 Å². The molecule has 0 spiro atoms. The lowest BCUT2D eigenvalue weighted by molar-refractivity contribution is -0.716. The molecule has 1 atom stereocenters. The summed E-state index contributed by atoms with van der Waals surface area (Å²) in [5, 5.41) is 13.0. The van der Waals surface area contributed by atoms with E-state index in [0.29, 0.717) is 29.2 Å². The smallest absolute Gasteiger partial charge is 0.418 e. The molecule has 1 unspecified atom stereocenters. The number of aryl methyl sites for hydroxylation is 2. The summed E-state index contributed by atoms with van der Waals surface area (Å²) in [6.45, 7) is 2.08. The Hall–Kier alpha value is -3.46. The van der Waals surface area contributed by atoms with Crippen LogP contribution in [0.3, 0.4) is 0 Å². The summed E-state index contributed by atoms with van der Waals surface area (Å²) in [4.78, 5) is 18.2. The molecule has 8 nitrogen and oxygen atoms in total. The number of nitrogens with zero attached hydrogens (tertiary/aromatic N) is 2. The van der Waals surface area contributed by atoms with E-state index in [-0.39, 0.29) is 0 Å². The van der Waals surface area contributed by atoms with Crippen molar-refractivity contribution >= 4 is 11.2 Å². The van der Waals surface area contributed by atoms with Gasteiger partial charge in [0.05, 0.1) is 24.5 Å². The number of benzene rings is 1. The van der Waals surface area contributed by atoms with Crippen LogP contribution in [0.1, 0.15) is 43.4 Å². The molecule has 4 aromatic rings. The molecular formula is C23H26FN4O4+. The van der Waals surface area contributed by atoms with Gasteiger partial charge >= 0.3 is 5.76 Å². The monoisotopic (exact) mass is 441 g/mol. The van der Waals surface area contributed by atoms with Crippen molar-refractivity contribution in [1.82, 2.24) is 15.1 Å². The van der Waals surface area contributed by atoms with Crippen LogP contribution in [-0.4, -0.2) is 26.8 Å². The van der Waals surface area contributed by atoms with E-state index in [1.54, 1.807) is 19.2 Å². The van der Waals surface area contributed by atoms with Gasteiger partial charge in [0.15, 0.2) is 18.3 Å². The summed E-state index contributed by atoms with van der Waals surface area (Å²) < 4.78 is 26.2. The van der Waals surface area contributed by atoms with E-state index in [1.807, 2.05) is 24.0 Å². The molecule has 0 saturated carbocycles. The van der Waals surface area contributed by atoms with E-state index in [2.05, 4.69) is 15.1 Å². The normalized spacial score (nSPS) is 12.4. The minimum absolute atomic E-state index is 0.392. The van der Waals surface area contributed by atoms with Gasteiger partial charge in [0.1, 0.15) is 11.6 Å². The maximum absolute atomic E-state index is 13.4. The van der Waals surface area contributed by atoms with E-state index >= 15 is 0 Å². The van der Waals surface area contributed by atoms with Crippen LogP contribution in [0, 0.1) is 5.82 Å².